The van der Waals surface area contributed by atoms with Gasteiger partial charge in [0, 0.05) is 4.90 Å². The van der Waals surface area contributed by atoms with E-state index in [1.165, 1.54) is 0 Å². The number of rotatable bonds is 6. The molecule has 2 aromatic carbocycles. The van der Waals surface area contributed by atoms with Crippen LogP contribution < -0.4 is 10.7 Å². The first kappa shape index (κ1) is 19.8. The molecule has 1 fully saturated rings. The van der Waals surface area contributed by atoms with Crippen molar-refractivity contribution < 1.29 is 23.2 Å². The van der Waals surface area contributed by atoms with Crippen molar-refractivity contribution in [2.24, 2.45) is 0 Å². The number of urea groups is 1. The number of hydrogen-bond acceptors (Lipinski definition) is 4. The molecule has 1 aliphatic rings. The molecule has 0 saturated carbocycles. The van der Waals surface area contributed by atoms with Crippen molar-refractivity contribution in [1.82, 2.24) is 15.8 Å². The van der Waals surface area contributed by atoms with Gasteiger partial charge < -0.3 is 5.32 Å². The molecular weight excluding hydrogens is 388 g/mol. The fraction of sp³-hybridized carbons (Fsp3) is 0.211. The minimum absolute atomic E-state index is 0.0421. The van der Waals surface area contributed by atoms with Gasteiger partial charge in [-0.2, -0.15) is 5.01 Å². The maximum absolute atomic E-state index is 13.6. The highest BCUT2D eigenvalue weighted by Gasteiger charge is 2.52. The third kappa shape index (κ3) is 3.70. The molecule has 1 saturated heterocycles. The fourth-order valence-electron chi connectivity index (χ4n) is 2.93. The van der Waals surface area contributed by atoms with Crippen LogP contribution in [-0.2, 0) is 15.1 Å². The Hall–Kier alpha value is -2.94. The van der Waals surface area contributed by atoms with Crippen LogP contribution in [0.4, 0.5) is 13.6 Å². The molecule has 0 aromatic heterocycles. The number of imide groups is 1. The van der Waals surface area contributed by atoms with Crippen LogP contribution in [0.3, 0.4) is 0 Å². The SMILES string of the molecule is CCC1(c2ccccc2)NC(=O)N(NC(=O)CSc2cc(F)ccc2F)C1=O. The molecule has 28 heavy (non-hydrogen) atoms. The molecule has 0 bridgehead atoms. The molecule has 1 unspecified atom stereocenters. The molecule has 0 aliphatic carbocycles. The standard InChI is InChI=1S/C19H17F2N3O3S/c1-2-19(12-6-4-3-5-7-12)17(26)24(18(27)22-19)23-16(25)11-28-15-10-13(20)8-9-14(15)21/h3-10H,2,11H2,1H3,(H,22,27)(H,23,25). The Morgan fingerprint density at radius 2 is 1.89 bits per heavy atom. The molecule has 1 heterocycles. The summed E-state index contributed by atoms with van der Waals surface area (Å²) in [5.41, 5.74) is 1.57. The van der Waals surface area contributed by atoms with Crippen LogP contribution in [0.5, 0.6) is 0 Å². The third-order valence-electron chi connectivity index (χ3n) is 4.38. The highest BCUT2D eigenvalue weighted by atomic mass is 32.2. The predicted molar refractivity (Wildman–Crippen MR) is 99.0 cm³/mol. The number of nitrogens with one attached hydrogen (secondary N) is 2. The summed E-state index contributed by atoms with van der Waals surface area (Å²) in [6, 6.07) is 10.9. The highest BCUT2D eigenvalue weighted by molar-refractivity contribution is 8.00. The van der Waals surface area contributed by atoms with Gasteiger partial charge in [0.05, 0.1) is 5.75 Å². The van der Waals surface area contributed by atoms with E-state index in [2.05, 4.69) is 10.7 Å². The highest BCUT2D eigenvalue weighted by Crippen LogP contribution is 2.31. The lowest BCUT2D eigenvalue weighted by Crippen LogP contribution is -2.49. The summed E-state index contributed by atoms with van der Waals surface area (Å²) in [4.78, 5) is 37.3. The zero-order valence-corrected chi connectivity index (χ0v) is 15.7. The number of nitrogens with zero attached hydrogens (tertiary/aromatic N) is 1. The lowest BCUT2D eigenvalue weighted by atomic mass is 9.87. The number of carbonyl (C=O) groups is 3. The van der Waals surface area contributed by atoms with Gasteiger partial charge in [-0.05, 0) is 30.2 Å². The average Bonchev–Trinajstić information content (AvgIpc) is 2.94. The number of amides is 4. The summed E-state index contributed by atoms with van der Waals surface area (Å²) in [6.07, 6.45) is 0.289. The van der Waals surface area contributed by atoms with Crippen LogP contribution in [-0.4, -0.2) is 28.6 Å². The molecule has 2 N–H and O–H groups in total. The molecule has 1 atom stereocenters. The van der Waals surface area contributed by atoms with Crippen LogP contribution in [0.1, 0.15) is 18.9 Å². The Balaban J connectivity index is 1.70. The van der Waals surface area contributed by atoms with Gasteiger partial charge in [-0.3, -0.25) is 15.0 Å². The second-order valence-electron chi connectivity index (χ2n) is 6.09. The van der Waals surface area contributed by atoms with Crippen molar-refractivity contribution in [3.05, 3.63) is 65.7 Å². The summed E-state index contributed by atoms with van der Waals surface area (Å²) in [6.45, 7) is 1.75. The van der Waals surface area contributed by atoms with Gasteiger partial charge in [0.15, 0.2) is 0 Å². The smallest absolute Gasteiger partial charge is 0.318 e. The number of carbonyl (C=O) groups excluding carboxylic acids is 3. The molecule has 1 aliphatic heterocycles. The quantitative estimate of drug-likeness (QED) is 0.572. The summed E-state index contributed by atoms with van der Waals surface area (Å²) < 4.78 is 26.8. The van der Waals surface area contributed by atoms with Gasteiger partial charge in [-0.15, -0.1) is 11.8 Å². The molecule has 146 valence electrons. The lowest BCUT2D eigenvalue weighted by Gasteiger charge is -2.25. The second kappa shape index (κ2) is 7.97. The number of hydrogen-bond donors (Lipinski definition) is 2. The summed E-state index contributed by atoms with van der Waals surface area (Å²) in [7, 11) is 0. The molecule has 0 radical (unpaired) electrons. The third-order valence-corrected chi connectivity index (χ3v) is 5.41. The number of benzene rings is 2. The van der Waals surface area contributed by atoms with Gasteiger partial charge in [-0.25, -0.2) is 13.6 Å². The van der Waals surface area contributed by atoms with Gasteiger partial charge in [0.25, 0.3) is 5.91 Å². The molecule has 3 rings (SSSR count). The first-order valence-corrected chi connectivity index (χ1v) is 9.45. The minimum Gasteiger partial charge on any atom is -0.318 e. The summed E-state index contributed by atoms with van der Waals surface area (Å²) in [5.74, 6) is -2.90. The number of hydrazine groups is 1. The largest absolute Gasteiger partial charge is 0.344 e. The van der Waals surface area contributed by atoms with Crippen LogP contribution in [0, 0.1) is 11.6 Å². The number of halogens is 2. The first-order valence-electron chi connectivity index (χ1n) is 8.47. The summed E-state index contributed by atoms with van der Waals surface area (Å²) >= 11 is 0.760. The fourth-order valence-corrected chi connectivity index (χ4v) is 3.68. The Morgan fingerprint density at radius 1 is 1.18 bits per heavy atom. The zero-order chi connectivity index (χ0) is 20.3. The Bertz CT molecular complexity index is 926. The molecule has 9 heteroatoms. The van der Waals surface area contributed by atoms with E-state index in [4.69, 9.17) is 0 Å². The Labute approximate surface area is 164 Å². The van der Waals surface area contributed by atoms with E-state index in [1.54, 1.807) is 37.3 Å². The van der Waals surface area contributed by atoms with E-state index in [0.29, 0.717) is 10.6 Å². The molecule has 2 aromatic rings. The maximum atomic E-state index is 13.6. The van der Waals surface area contributed by atoms with E-state index < -0.39 is 35.0 Å². The van der Waals surface area contributed by atoms with Crippen molar-refractivity contribution in [3.8, 4) is 0 Å². The maximum Gasteiger partial charge on any atom is 0.344 e. The van der Waals surface area contributed by atoms with Crippen LogP contribution in [0.2, 0.25) is 0 Å². The summed E-state index contributed by atoms with van der Waals surface area (Å²) in [5, 5.41) is 3.26. The predicted octanol–water partition coefficient (Wildman–Crippen LogP) is 2.95. The van der Waals surface area contributed by atoms with E-state index in [-0.39, 0.29) is 17.1 Å². The van der Waals surface area contributed by atoms with Gasteiger partial charge in [0.1, 0.15) is 17.2 Å². The number of thioether (sulfide) groups is 1. The van der Waals surface area contributed by atoms with Crippen molar-refractivity contribution in [2.75, 3.05) is 5.75 Å². The van der Waals surface area contributed by atoms with Gasteiger partial charge in [-0.1, -0.05) is 37.3 Å². The van der Waals surface area contributed by atoms with Crippen LogP contribution in [0.15, 0.2) is 53.4 Å². The van der Waals surface area contributed by atoms with Crippen molar-refractivity contribution in [2.45, 2.75) is 23.8 Å². The van der Waals surface area contributed by atoms with Crippen molar-refractivity contribution in [3.63, 3.8) is 0 Å². The molecule has 6 nitrogen and oxygen atoms in total. The van der Waals surface area contributed by atoms with E-state index in [9.17, 15) is 23.2 Å². The van der Waals surface area contributed by atoms with Crippen molar-refractivity contribution >= 4 is 29.6 Å². The van der Waals surface area contributed by atoms with E-state index in [1.807, 2.05) is 0 Å². The molecule has 0 spiro atoms. The topological polar surface area (TPSA) is 78.5 Å². The molecular formula is C19H17F2N3O3S. The normalized spacial score (nSPS) is 18.9. The Morgan fingerprint density at radius 3 is 2.57 bits per heavy atom. The Kier molecular flexibility index (Phi) is 5.64. The van der Waals surface area contributed by atoms with Crippen LogP contribution in [0.25, 0.3) is 0 Å². The van der Waals surface area contributed by atoms with E-state index in [0.717, 1.165) is 30.0 Å². The van der Waals surface area contributed by atoms with Crippen LogP contribution >= 0.6 is 11.8 Å². The lowest BCUT2D eigenvalue weighted by molar-refractivity contribution is -0.138. The zero-order valence-electron chi connectivity index (χ0n) is 14.9. The minimum atomic E-state index is -1.27. The first-order chi connectivity index (χ1) is 13.4. The molecule has 4 amide bonds. The van der Waals surface area contributed by atoms with E-state index >= 15 is 0 Å². The van der Waals surface area contributed by atoms with Gasteiger partial charge >= 0.3 is 6.03 Å². The van der Waals surface area contributed by atoms with Crippen molar-refractivity contribution in [1.29, 1.82) is 0 Å². The second-order valence-corrected chi connectivity index (χ2v) is 7.11. The monoisotopic (exact) mass is 405 g/mol. The van der Waals surface area contributed by atoms with Gasteiger partial charge in [0.2, 0.25) is 5.91 Å². The average molecular weight is 405 g/mol.